The molecule has 0 fully saturated rings. The molecule has 0 saturated carbocycles. The fourth-order valence-electron chi connectivity index (χ4n) is 3.05. The number of hydrogen-bond acceptors (Lipinski definition) is 3. The van der Waals surface area contributed by atoms with Crippen LogP contribution in [0.25, 0.3) is 16.3 Å². The van der Waals surface area contributed by atoms with Crippen LogP contribution in [0.4, 0.5) is 0 Å². The Morgan fingerprint density at radius 2 is 2.08 bits per heavy atom. The van der Waals surface area contributed by atoms with E-state index in [-0.39, 0.29) is 0 Å². The highest BCUT2D eigenvalue weighted by Crippen LogP contribution is 2.20. The molecule has 0 bridgehead atoms. The highest BCUT2D eigenvalue weighted by atomic mass is 32.1. The minimum atomic E-state index is 0.628. The highest BCUT2D eigenvalue weighted by Gasteiger charge is 2.17. The number of thiophene rings is 1. The van der Waals surface area contributed by atoms with E-state index in [9.17, 15) is 0 Å². The van der Waals surface area contributed by atoms with E-state index in [0.717, 1.165) is 36.9 Å². The zero-order valence-corrected chi connectivity index (χ0v) is 14.9. The van der Waals surface area contributed by atoms with Gasteiger partial charge in [0.15, 0.2) is 12.5 Å². The number of nitrogens with zero attached hydrogens (tertiary/aromatic N) is 2. The van der Waals surface area contributed by atoms with Crippen molar-refractivity contribution in [3.05, 3.63) is 64.3 Å². The summed E-state index contributed by atoms with van der Waals surface area (Å²) in [5, 5.41) is 5.40. The lowest BCUT2D eigenvalue weighted by Crippen LogP contribution is -3.11. The summed E-state index contributed by atoms with van der Waals surface area (Å²) in [5.41, 5.74) is 2.79. The van der Waals surface area contributed by atoms with Gasteiger partial charge < -0.3 is 4.90 Å². The van der Waals surface area contributed by atoms with Gasteiger partial charge in [0, 0.05) is 6.42 Å². The van der Waals surface area contributed by atoms with E-state index in [1.807, 2.05) is 10.7 Å². The summed E-state index contributed by atoms with van der Waals surface area (Å²) in [6, 6.07) is 14.7. The van der Waals surface area contributed by atoms with Crippen molar-refractivity contribution in [1.29, 1.82) is 0 Å². The van der Waals surface area contributed by atoms with Crippen LogP contribution in [0.3, 0.4) is 0 Å². The third kappa shape index (κ3) is 3.26. The minimum Gasteiger partial charge on any atom is -0.313 e. The largest absolute Gasteiger partial charge is 0.313 e. The zero-order valence-electron chi connectivity index (χ0n) is 13.2. The van der Waals surface area contributed by atoms with E-state index >= 15 is 0 Å². The van der Waals surface area contributed by atoms with E-state index < -0.39 is 0 Å². The summed E-state index contributed by atoms with van der Waals surface area (Å²) in [4.78, 5) is 7.10. The molecule has 4 rings (SSSR count). The standard InChI is InChI=1S/C18H18N4S2/c23-18-19-17(16-7-4-12-24-16)20-22(18)13-21-10-8-15(9-11-21)14-5-2-1-3-6-14/h1-8,12H,9-11,13H2,(H,19,20,23)/p+1. The molecule has 1 atom stereocenters. The van der Waals surface area contributed by atoms with Crippen LogP contribution in [-0.2, 0) is 6.67 Å². The molecule has 1 aromatic carbocycles. The molecule has 0 amide bonds. The maximum absolute atomic E-state index is 5.41. The Morgan fingerprint density at radius 3 is 2.79 bits per heavy atom. The summed E-state index contributed by atoms with van der Waals surface area (Å²) >= 11 is 7.08. The molecule has 0 radical (unpaired) electrons. The summed E-state index contributed by atoms with van der Waals surface area (Å²) in [7, 11) is 0. The fourth-order valence-corrected chi connectivity index (χ4v) is 3.92. The minimum absolute atomic E-state index is 0.628. The third-order valence-electron chi connectivity index (χ3n) is 4.35. The van der Waals surface area contributed by atoms with Gasteiger partial charge in [-0.25, -0.2) is 4.68 Å². The van der Waals surface area contributed by atoms with Gasteiger partial charge in [0.05, 0.1) is 18.0 Å². The number of nitrogens with one attached hydrogen (secondary N) is 2. The zero-order chi connectivity index (χ0) is 16.4. The number of rotatable bonds is 4. The maximum Gasteiger partial charge on any atom is 0.221 e. The number of quaternary nitrogens is 1. The molecular weight excluding hydrogens is 336 g/mol. The van der Waals surface area contributed by atoms with Crippen LogP contribution in [0.2, 0.25) is 0 Å². The number of hydrogen-bond donors (Lipinski definition) is 2. The van der Waals surface area contributed by atoms with Crippen molar-refractivity contribution in [2.75, 3.05) is 13.1 Å². The summed E-state index contributed by atoms with van der Waals surface area (Å²) in [6.45, 7) is 2.95. The maximum atomic E-state index is 5.41. The van der Waals surface area contributed by atoms with Gasteiger partial charge in [-0.15, -0.1) is 11.3 Å². The van der Waals surface area contributed by atoms with Crippen molar-refractivity contribution < 1.29 is 4.90 Å². The van der Waals surface area contributed by atoms with Crippen molar-refractivity contribution >= 4 is 29.1 Å². The SMILES string of the molecule is S=c1nc(-c2cccs2)[nH]n1C[NH+]1CC=C(c2ccccc2)CC1. The molecule has 1 aliphatic rings. The molecular formula is C18H19N4S2+. The first-order valence-corrected chi connectivity index (χ1v) is 9.37. The van der Waals surface area contributed by atoms with Gasteiger partial charge in [0.1, 0.15) is 0 Å². The first-order chi connectivity index (χ1) is 11.8. The quantitative estimate of drug-likeness (QED) is 0.706. The van der Waals surface area contributed by atoms with Crippen molar-refractivity contribution in [2.24, 2.45) is 0 Å². The van der Waals surface area contributed by atoms with Crippen LogP contribution in [0.15, 0.2) is 53.9 Å². The number of benzene rings is 1. The molecule has 1 aliphatic heterocycles. The second kappa shape index (κ2) is 6.84. The van der Waals surface area contributed by atoms with Crippen molar-refractivity contribution in [1.82, 2.24) is 14.8 Å². The Kier molecular flexibility index (Phi) is 4.42. The van der Waals surface area contributed by atoms with Gasteiger partial charge in [-0.3, -0.25) is 5.10 Å². The molecule has 0 spiro atoms. The average Bonchev–Trinajstić information content (AvgIpc) is 3.27. The van der Waals surface area contributed by atoms with Crippen LogP contribution >= 0.6 is 23.6 Å². The number of aromatic nitrogens is 3. The second-order valence-electron chi connectivity index (χ2n) is 5.97. The summed E-state index contributed by atoms with van der Waals surface area (Å²) in [6.07, 6.45) is 3.45. The van der Waals surface area contributed by atoms with Crippen molar-refractivity contribution in [3.63, 3.8) is 0 Å². The Bertz CT molecular complexity index is 891. The number of H-pyrrole nitrogens is 1. The topological polar surface area (TPSA) is 38.0 Å². The van der Waals surface area contributed by atoms with Crippen molar-refractivity contribution in [3.8, 4) is 10.7 Å². The molecule has 3 heterocycles. The number of aromatic amines is 1. The van der Waals surface area contributed by atoms with Gasteiger partial charge >= 0.3 is 0 Å². The van der Waals surface area contributed by atoms with E-state index in [0.29, 0.717) is 4.77 Å². The molecule has 2 aromatic heterocycles. The van der Waals surface area contributed by atoms with Gasteiger partial charge in [-0.05, 0) is 40.9 Å². The van der Waals surface area contributed by atoms with Crippen molar-refractivity contribution in [2.45, 2.75) is 13.1 Å². The van der Waals surface area contributed by atoms with Crippen LogP contribution in [0, 0.1) is 4.77 Å². The summed E-state index contributed by atoms with van der Waals surface area (Å²) in [5.74, 6) is 0.868. The first-order valence-electron chi connectivity index (χ1n) is 8.08. The lowest BCUT2D eigenvalue weighted by Gasteiger charge is -2.23. The first kappa shape index (κ1) is 15.5. The molecule has 0 aliphatic carbocycles. The molecule has 3 aromatic rings. The Balaban J connectivity index is 1.46. The Labute approximate surface area is 150 Å². The van der Waals surface area contributed by atoms with Crippen LogP contribution < -0.4 is 4.90 Å². The Morgan fingerprint density at radius 1 is 1.21 bits per heavy atom. The van der Waals surface area contributed by atoms with E-state index in [2.05, 4.69) is 57.9 Å². The van der Waals surface area contributed by atoms with Gasteiger partial charge in [-0.1, -0.05) is 36.4 Å². The van der Waals surface area contributed by atoms with E-state index in [1.165, 1.54) is 16.0 Å². The fraction of sp³-hybridized carbons (Fsp3) is 0.222. The average molecular weight is 356 g/mol. The molecule has 0 saturated heterocycles. The predicted octanol–water partition coefficient (Wildman–Crippen LogP) is 3.00. The normalized spacial score (nSPS) is 17.7. The molecule has 2 N–H and O–H groups in total. The lowest BCUT2D eigenvalue weighted by molar-refractivity contribution is -0.918. The van der Waals surface area contributed by atoms with E-state index in [4.69, 9.17) is 12.2 Å². The molecule has 24 heavy (non-hydrogen) atoms. The molecule has 1 unspecified atom stereocenters. The highest BCUT2D eigenvalue weighted by molar-refractivity contribution is 7.71. The molecule has 122 valence electrons. The Hall–Kier alpha value is -2.02. The predicted molar refractivity (Wildman–Crippen MR) is 100 cm³/mol. The molecule has 4 nitrogen and oxygen atoms in total. The summed E-state index contributed by atoms with van der Waals surface area (Å²) < 4.78 is 2.62. The van der Waals surface area contributed by atoms with Crippen LogP contribution in [-0.4, -0.2) is 27.9 Å². The third-order valence-corrected chi connectivity index (χ3v) is 5.53. The van der Waals surface area contributed by atoms with Crippen LogP contribution in [0.1, 0.15) is 12.0 Å². The second-order valence-corrected chi connectivity index (χ2v) is 7.28. The van der Waals surface area contributed by atoms with E-state index in [1.54, 1.807) is 11.3 Å². The van der Waals surface area contributed by atoms with Gasteiger partial charge in [0.25, 0.3) is 0 Å². The smallest absolute Gasteiger partial charge is 0.221 e. The lowest BCUT2D eigenvalue weighted by atomic mass is 10.00. The van der Waals surface area contributed by atoms with Gasteiger partial charge in [0.2, 0.25) is 4.77 Å². The monoisotopic (exact) mass is 355 g/mol. The van der Waals surface area contributed by atoms with Gasteiger partial charge in [-0.2, -0.15) is 4.98 Å². The van der Waals surface area contributed by atoms with Crippen LogP contribution in [0.5, 0.6) is 0 Å². The molecule has 6 heteroatoms.